The number of aromatic hydroxyl groups is 1. The van der Waals surface area contributed by atoms with Gasteiger partial charge in [0, 0.05) is 17.4 Å². The first-order valence-corrected chi connectivity index (χ1v) is 8.96. The fourth-order valence-corrected chi connectivity index (χ4v) is 2.99. The lowest BCUT2D eigenvalue weighted by Gasteiger charge is -2.10. The van der Waals surface area contributed by atoms with Gasteiger partial charge in [-0.3, -0.25) is 9.59 Å². The molecular formula is C22H17FN2O4. The predicted octanol–water partition coefficient (Wildman–Crippen LogP) is 4.14. The van der Waals surface area contributed by atoms with Crippen molar-refractivity contribution in [2.75, 3.05) is 6.61 Å². The summed E-state index contributed by atoms with van der Waals surface area (Å²) in [4.78, 5) is 28.2. The van der Waals surface area contributed by atoms with E-state index in [9.17, 15) is 24.3 Å². The number of benzene rings is 2. The quantitative estimate of drug-likeness (QED) is 0.500. The van der Waals surface area contributed by atoms with Crippen LogP contribution < -0.4 is 0 Å². The molecule has 29 heavy (non-hydrogen) atoms. The molecule has 0 fully saturated rings. The van der Waals surface area contributed by atoms with Gasteiger partial charge in [0.05, 0.1) is 18.5 Å². The molecule has 0 spiro atoms. The van der Waals surface area contributed by atoms with E-state index in [-0.39, 0.29) is 36.2 Å². The topological polar surface area (TPSA) is 100 Å². The van der Waals surface area contributed by atoms with Gasteiger partial charge in [-0.05, 0) is 24.6 Å². The van der Waals surface area contributed by atoms with Crippen molar-refractivity contribution in [2.24, 2.45) is 0 Å². The van der Waals surface area contributed by atoms with Crippen LogP contribution in [0.4, 0.5) is 4.39 Å². The summed E-state index contributed by atoms with van der Waals surface area (Å²) < 4.78 is 18.9. The van der Waals surface area contributed by atoms with Crippen LogP contribution in [-0.4, -0.2) is 28.4 Å². The summed E-state index contributed by atoms with van der Waals surface area (Å²) in [5.41, 5.74) is 0.721. The fourth-order valence-electron chi connectivity index (χ4n) is 2.99. The third kappa shape index (κ3) is 4.06. The van der Waals surface area contributed by atoms with Crippen molar-refractivity contribution in [3.8, 4) is 22.9 Å². The van der Waals surface area contributed by atoms with E-state index < -0.39 is 23.3 Å². The summed E-state index contributed by atoms with van der Waals surface area (Å²) in [7, 11) is 0. The number of hydrogen-bond donors (Lipinski definition) is 1. The van der Waals surface area contributed by atoms with Crippen LogP contribution in [0.3, 0.4) is 0 Å². The summed E-state index contributed by atoms with van der Waals surface area (Å²) in [6.07, 6.45) is -0.383. The number of fused-ring (bicyclic) bond motifs is 1. The maximum absolute atomic E-state index is 14.1. The Bertz CT molecular complexity index is 1150. The number of ether oxygens (including phenoxy) is 1. The standard InChI is InChI=1S/C22H17FN2O4/c1-2-29-20(27)10-9-19(26)21-22(28)16(12-24)15-8-7-13(11-18(15)25-21)14-5-3-4-6-17(14)23/h3-8,11,28H,2,9-10H2,1H3. The van der Waals surface area contributed by atoms with E-state index in [2.05, 4.69) is 4.98 Å². The predicted molar refractivity (Wildman–Crippen MR) is 104 cm³/mol. The molecule has 0 radical (unpaired) electrons. The summed E-state index contributed by atoms with van der Waals surface area (Å²) in [6, 6.07) is 12.8. The van der Waals surface area contributed by atoms with Crippen LogP contribution in [0, 0.1) is 17.1 Å². The zero-order valence-electron chi connectivity index (χ0n) is 15.6. The van der Waals surface area contributed by atoms with E-state index in [1.54, 1.807) is 43.3 Å². The summed E-state index contributed by atoms with van der Waals surface area (Å²) >= 11 is 0. The number of hydrogen-bond acceptors (Lipinski definition) is 6. The second-order valence-corrected chi connectivity index (χ2v) is 6.24. The molecule has 0 aliphatic heterocycles. The summed E-state index contributed by atoms with van der Waals surface area (Å²) in [5.74, 6) is -2.09. The fraction of sp³-hybridized carbons (Fsp3) is 0.182. The lowest BCUT2D eigenvalue weighted by Crippen LogP contribution is -2.10. The molecule has 0 saturated heterocycles. The molecule has 3 rings (SSSR count). The van der Waals surface area contributed by atoms with Gasteiger partial charge in [-0.15, -0.1) is 0 Å². The van der Waals surface area contributed by atoms with Crippen molar-refractivity contribution in [1.82, 2.24) is 4.98 Å². The smallest absolute Gasteiger partial charge is 0.306 e. The monoisotopic (exact) mass is 392 g/mol. The number of halogens is 1. The first-order chi connectivity index (χ1) is 14.0. The molecule has 146 valence electrons. The number of aromatic nitrogens is 1. The van der Waals surface area contributed by atoms with E-state index >= 15 is 0 Å². The maximum atomic E-state index is 14.1. The lowest BCUT2D eigenvalue weighted by molar-refractivity contribution is -0.143. The molecule has 0 unspecified atom stereocenters. The van der Waals surface area contributed by atoms with Gasteiger partial charge in [-0.1, -0.05) is 30.3 Å². The number of esters is 1. The molecule has 7 heteroatoms. The molecule has 0 bridgehead atoms. The van der Waals surface area contributed by atoms with Crippen LogP contribution in [0.2, 0.25) is 0 Å². The number of pyridine rings is 1. The van der Waals surface area contributed by atoms with Gasteiger partial charge in [0.1, 0.15) is 23.1 Å². The highest BCUT2D eigenvalue weighted by Crippen LogP contribution is 2.32. The van der Waals surface area contributed by atoms with Gasteiger partial charge in [-0.25, -0.2) is 9.37 Å². The van der Waals surface area contributed by atoms with E-state index in [4.69, 9.17) is 4.74 Å². The van der Waals surface area contributed by atoms with Gasteiger partial charge in [0.25, 0.3) is 0 Å². The molecule has 0 amide bonds. The molecule has 3 aromatic rings. The minimum atomic E-state index is -0.592. The highest BCUT2D eigenvalue weighted by Gasteiger charge is 2.21. The zero-order chi connectivity index (χ0) is 21.0. The van der Waals surface area contributed by atoms with Crippen LogP contribution in [0.1, 0.15) is 35.8 Å². The molecule has 6 nitrogen and oxygen atoms in total. The molecule has 2 aromatic carbocycles. The van der Waals surface area contributed by atoms with Crippen LogP contribution in [0.25, 0.3) is 22.0 Å². The number of carbonyl (C=O) groups excluding carboxylic acids is 2. The van der Waals surface area contributed by atoms with E-state index in [1.807, 2.05) is 6.07 Å². The third-order valence-corrected chi connectivity index (χ3v) is 4.38. The van der Waals surface area contributed by atoms with E-state index in [0.29, 0.717) is 16.5 Å². The largest absolute Gasteiger partial charge is 0.504 e. The van der Waals surface area contributed by atoms with Crippen molar-refractivity contribution in [3.63, 3.8) is 0 Å². The molecular weight excluding hydrogens is 375 g/mol. The van der Waals surface area contributed by atoms with Gasteiger partial charge in [-0.2, -0.15) is 5.26 Å². The van der Waals surface area contributed by atoms with Crippen LogP contribution in [0.5, 0.6) is 5.75 Å². The zero-order valence-corrected chi connectivity index (χ0v) is 15.6. The van der Waals surface area contributed by atoms with E-state index in [0.717, 1.165) is 0 Å². The van der Waals surface area contributed by atoms with Crippen molar-refractivity contribution in [1.29, 1.82) is 5.26 Å². The van der Waals surface area contributed by atoms with Crippen LogP contribution in [0.15, 0.2) is 42.5 Å². The summed E-state index contributed by atoms with van der Waals surface area (Å²) in [5, 5.41) is 20.2. The number of Topliss-reactive ketones (excluding diaryl/α,β-unsaturated/α-hetero) is 1. The molecule has 0 aliphatic carbocycles. The van der Waals surface area contributed by atoms with Crippen LogP contribution in [-0.2, 0) is 9.53 Å². The number of rotatable bonds is 6. The Morgan fingerprint density at radius 1 is 1.21 bits per heavy atom. The Balaban J connectivity index is 2.06. The number of carbonyl (C=O) groups is 2. The molecule has 0 aliphatic rings. The lowest BCUT2D eigenvalue weighted by atomic mass is 9.99. The van der Waals surface area contributed by atoms with Gasteiger partial charge in [0.15, 0.2) is 11.5 Å². The van der Waals surface area contributed by atoms with Crippen molar-refractivity contribution in [3.05, 3.63) is 59.5 Å². The Morgan fingerprint density at radius 3 is 2.66 bits per heavy atom. The minimum Gasteiger partial charge on any atom is -0.504 e. The molecule has 1 heterocycles. The first kappa shape index (κ1) is 20.0. The van der Waals surface area contributed by atoms with Gasteiger partial charge < -0.3 is 9.84 Å². The average molecular weight is 392 g/mol. The first-order valence-electron chi connectivity index (χ1n) is 8.96. The number of nitriles is 1. The molecule has 0 atom stereocenters. The molecule has 1 aromatic heterocycles. The highest BCUT2D eigenvalue weighted by atomic mass is 19.1. The highest BCUT2D eigenvalue weighted by molar-refractivity contribution is 6.03. The Labute approximate surface area is 166 Å². The maximum Gasteiger partial charge on any atom is 0.306 e. The molecule has 1 N–H and O–H groups in total. The Kier molecular flexibility index (Phi) is 5.84. The number of ketones is 1. The number of nitrogens with zero attached hydrogens (tertiary/aromatic N) is 2. The second-order valence-electron chi connectivity index (χ2n) is 6.24. The van der Waals surface area contributed by atoms with Crippen molar-refractivity contribution < 1.29 is 23.8 Å². The molecule has 0 saturated carbocycles. The van der Waals surface area contributed by atoms with Gasteiger partial charge >= 0.3 is 5.97 Å². The van der Waals surface area contributed by atoms with E-state index in [1.165, 1.54) is 6.07 Å². The average Bonchev–Trinajstić information content (AvgIpc) is 2.72. The van der Waals surface area contributed by atoms with Crippen molar-refractivity contribution in [2.45, 2.75) is 19.8 Å². The SMILES string of the molecule is CCOC(=O)CCC(=O)c1nc2cc(-c3ccccc3F)ccc2c(C#N)c1O. The Hall–Kier alpha value is -3.79. The third-order valence-electron chi connectivity index (χ3n) is 4.38. The van der Waals surface area contributed by atoms with Crippen molar-refractivity contribution >= 4 is 22.7 Å². The summed E-state index contributed by atoms with van der Waals surface area (Å²) in [6.45, 7) is 1.85. The normalized spacial score (nSPS) is 10.5. The minimum absolute atomic E-state index is 0.102. The van der Waals surface area contributed by atoms with Crippen LogP contribution >= 0.6 is 0 Å². The Morgan fingerprint density at radius 2 is 1.97 bits per heavy atom. The second kappa shape index (κ2) is 8.48. The van der Waals surface area contributed by atoms with Gasteiger partial charge in [0.2, 0.25) is 0 Å².